The van der Waals surface area contributed by atoms with E-state index < -0.39 is 0 Å². The van der Waals surface area contributed by atoms with Crippen molar-refractivity contribution in [3.63, 3.8) is 0 Å². The maximum atomic E-state index is 5.49. The second-order valence-electron chi connectivity index (χ2n) is 5.12. The zero-order valence-electron chi connectivity index (χ0n) is 9.46. The third-order valence-electron chi connectivity index (χ3n) is 4.05. The quantitative estimate of drug-likeness (QED) is 0.747. The van der Waals surface area contributed by atoms with E-state index in [1.807, 2.05) is 0 Å². The fourth-order valence-corrected chi connectivity index (χ4v) is 3.27. The highest BCUT2D eigenvalue weighted by Crippen LogP contribution is 2.36. The Balaban J connectivity index is 1.91. The predicted octanol–water partition coefficient (Wildman–Crippen LogP) is 2.05. The van der Waals surface area contributed by atoms with Crippen molar-refractivity contribution in [2.45, 2.75) is 38.6 Å². The van der Waals surface area contributed by atoms with Gasteiger partial charge >= 0.3 is 0 Å². The molecule has 0 aromatic carbocycles. The summed E-state index contributed by atoms with van der Waals surface area (Å²) in [7, 11) is 2.12. The van der Waals surface area contributed by atoms with Gasteiger partial charge in [-0.15, -0.1) is 0 Å². The van der Waals surface area contributed by atoms with Crippen molar-refractivity contribution in [2.24, 2.45) is 17.8 Å². The van der Waals surface area contributed by atoms with Crippen molar-refractivity contribution in [1.29, 1.82) is 0 Å². The van der Waals surface area contributed by atoms with Crippen LogP contribution in [0, 0.1) is 17.8 Å². The minimum atomic E-state index is 0.711. The summed E-state index contributed by atoms with van der Waals surface area (Å²) in [5, 5.41) is 3.53. The van der Waals surface area contributed by atoms with Gasteiger partial charge < -0.3 is 10.1 Å². The molecular formula is C12H23NO. The SMILES string of the molecule is CNC(C1CCOC1)C1CCC(C)C1. The molecule has 2 fully saturated rings. The number of hydrogen-bond acceptors (Lipinski definition) is 2. The maximum Gasteiger partial charge on any atom is 0.0510 e. The highest BCUT2D eigenvalue weighted by Gasteiger charge is 2.34. The number of nitrogens with one attached hydrogen (secondary N) is 1. The molecule has 1 heterocycles. The van der Waals surface area contributed by atoms with E-state index in [-0.39, 0.29) is 0 Å². The Morgan fingerprint density at radius 1 is 1.21 bits per heavy atom. The van der Waals surface area contributed by atoms with Crippen LogP contribution in [0.5, 0.6) is 0 Å². The summed E-state index contributed by atoms with van der Waals surface area (Å²) < 4.78 is 5.49. The second-order valence-corrected chi connectivity index (χ2v) is 5.12. The molecule has 1 N–H and O–H groups in total. The van der Waals surface area contributed by atoms with Gasteiger partial charge in [-0.05, 0) is 38.1 Å². The molecule has 1 saturated heterocycles. The summed E-state index contributed by atoms with van der Waals surface area (Å²) in [6, 6.07) is 0.711. The molecule has 4 unspecified atom stereocenters. The lowest BCUT2D eigenvalue weighted by molar-refractivity contribution is 0.166. The van der Waals surface area contributed by atoms with E-state index in [4.69, 9.17) is 4.74 Å². The van der Waals surface area contributed by atoms with Crippen LogP contribution in [0.25, 0.3) is 0 Å². The van der Waals surface area contributed by atoms with Crippen LogP contribution in [-0.2, 0) is 4.74 Å². The van der Waals surface area contributed by atoms with Crippen LogP contribution < -0.4 is 5.32 Å². The Labute approximate surface area is 87.4 Å². The van der Waals surface area contributed by atoms with Crippen LogP contribution in [0.4, 0.5) is 0 Å². The Morgan fingerprint density at radius 2 is 2.07 bits per heavy atom. The minimum Gasteiger partial charge on any atom is -0.381 e. The molecule has 2 nitrogen and oxygen atoms in total. The molecular weight excluding hydrogens is 174 g/mol. The van der Waals surface area contributed by atoms with Crippen molar-refractivity contribution < 1.29 is 4.74 Å². The van der Waals surface area contributed by atoms with E-state index >= 15 is 0 Å². The van der Waals surface area contributed by atoms with Gasteiger partial charge in [0.1, 0.15) is 0 Å². The predicted molar refractivity (Wildman–Crippen MR) is 58.3 cm³/mol. The van der Waals surface area contributed by atoms with Crippen molar-refractivity contribution in [3.8, 4) is 0 Å². The van der Waals surface area contributed by atoms with Gasteiger partial charge in [-0.3, -0.25) is 0 Å². The molecule has 1 aliphatic carbocycles. The van der Waals surface area contributed by atoms with Gasteiger partial charge in [0.15, 0.2) is 0 Å². The summed E-state index contributed by atoms with van der Waals surface area (Å²) in [6.45, 7) is 4.35. The second kappa shape index (κ2) is 4.63. The average molecular weight is 197 g/mol. The monoisotopic (exact) mass is 197 g/mol. The minimum absolute atomic E-state index is 0.711. The van der Waals surface area contributed by atoms with E-state index in [1.54, 1.807) is 0 Å². The lowest BCUT2D eigenvalue weighted by Gasteiger charge is -2.28. The molecule has 1 saturated carbocycles. The first kappa shape index (κ1) is 10.4. The average Bonchev–Trinajstić information content (AvgIpc) is 2.79. The van der Waals surface area contributed by atoms with Crippen LogP contribution >= 0.6 is 0 Å². The zero-order valence-corrected chi connectivity index (χ0v) is 9.46. The molecule has 0 bridgehead atoms. The molecule has 0 amide bonds. The Hall–Kier alpha value is -0.0800. The van der Waals surface area contributed by atoms with Gasteiger partial charge in [0.2, 0.25) is 0 Å². The Kier molecular flexibility index (Phi) is 3.45. The molecule has 2 rings (SSSR count). The molecule has 14 heavy (non-hydrogen) atoms. The van der Waals surface area contributed by atoms with Crippen molar-refractivity contribution >= 4 is 0 Å². The number of hydrogen-bond donors (Lipinski definition) is 1. The number of rotatable bonds is 3. The van der Waals surface area contributed by atoms with Gasteiger partial charge in [0.05, 0.1) is 6.61 Å². The zero-order chi connectivity index (χ0) is 9.97. The highest BCUT2D eigenvalue weighted by atomic mass is 16.5. The highest BCUT2D eigenvalue weighted by molar-refractivity contribution is 4.88. The molecule has 82 valence electrons. The van der Waals surface area contributed by atoms with E-state index in [2.05, 4.69) is 19.3 Å². The van der Waals surface area contributed by atoms with Gasteiger partial charge in [-0.1, -0.05) is 13.3 Å². The van der Waals surface area contributed by atoms with Gasteiger partial charge in [-0.25, -0.2) is 0 Å². The Bertz CT molecular complexity index is 177. The topological polar surface area (TPSA) is 21.3 Å². The van der Waals surface area contributed by atoms with Crippen LogP contribution in [0.3, 0.4) is 0 Å². The molecule has 0 radical (unpaired) electrons. The van der Waals surface area contributed by atoms with Crippen molar-refractivity contribution in [2.75, 3.05) is 20.3 Å². The normalized spacial score (nSPS) is 40.3. The summed E-state index contributed by atoms with van der Waals surface area (Å²) in [4.78, 5) is 0. The standard InChI is InChI=1S/C12H23NO/c1-9-3-4-10(7-9)12(13-2)11-5-6-14-8-11/h9-13H,3-8H2,1-2H3. The fourth-order valence-electron chi connectivity index (χ4n) is 3.27. The summed E-state index contributed by atoms with van der Waals surface area (Å²) in [6.07, 6.45) is 5.53. The molecule has 2 heteroatoms. The number of ether oxygens (including phenoxy) is 1. The van der Waals surface area contributed by atoms with Crippen molar-refractivity contribution in [3.05, 3.63) is 0 Å². The third kappa shape index (κ3) is 2.12. The van der Waals surface area contributed by atoms with E-state index in [0.29, 0.717) is 6.04 Å². The molecule has 0 spiro atoms. The first-order valence-corrected chi connectivity index (χ1v) is 6.06. The molecule has 2 aliphatic rings. The summed E-state index contributed by atoms with van der Waals surface area (Å²) in [5.41, 5.74) is 0. The van der Waals surface area contributed by atoms with Crippen LogP contribution in [-0.4, -0.2) is 26.3 Å². The summed E-state index contributed by atoms with van der Waals surface area (Å²) in [5.74, 6) is 2.62. The van der Waals surface area contributed by atoms with E-state index in [1.165, 1.54) is 25.7 Å². The Morgan fingerprint density at radius 3 is 2.57 bits per heavy atom. The van der Waals surface area contributed by atoms with Crippen LogP contribution in [0.2, 0.25) is 0 Å². The molecule has 0 aromatic heterocycles. The summed E-state index contributed by atoms with van der Waals surface area (Å²) >= 11 is 0. The smallest absolute Gasteiger partial charge is 0.0510 e. The molecule has 0 aromatic rings. The van der Waals surface area contributed by atoms with Gasteiger partial charge in [0.25, 0.3) is 0 Å². The van der Waals surface area contributed by atoms with E-state index in [0.717, 1.165) is 31.0 Å². The van der Waals surface area contributed by atoms with E-state index in [9.17, 15) is 0 Å². The molecule has 4 atom stereocenters. The first-order chi connectivity index (χ1) is 6.81. The van der Waals surface area contributed by atoms with Crippen LogP contribution in [0.15, 0.2) is 0 Å². The fraction of sp³-hybridized carbons (Fsp3) is 1.00. The maximum absolute atomic E-state index is 5.49. The lowest BCUT2D eigenvalue weighted by Crippen LogP contribution is -2.39. The first-order valence-electron chi connectivity index (χ1n) is 6.06. The van der Waals surface area contributed by atoms with Gasteiger partial charge in [0, 0.05) is 18.6 Å². The largest absolute Gasteiger partial charge is 0.381 e. The van der Waals surface area contributed by atoms with Crippen molar-refractivity contribution in [1.82, 2.24) is 5.32 Å². The van der Waals surface area contributed by atoms with Crippen LogP contribution in [0.1, 0.15) is 32.6 Å². The molecule has 1 aliphatic heterocycles. The lowest BCUT2D eigenvalue weighted by atomic mass is 9.86. The van der Waals surface area contributed by atoms with Gasteiger partial charge in [-0.2, -0.15) is 0 Å². The third-order valence-corrected chi connectivity index (χ3v) is 4.05.